The Hall–Kier alpha value is -1.97. The van der Waals surface area contributed by atoms with Crippen LogP contribution in [-0.2, 0) is 10.0 Å². The largest absolute Gasteiger partial charge is 0.516 e. The molecule has 2 rings (SSSR count). The van der Waals surface area contributed by atoms with Crippen molar-refractivity contribution in [3.63, 3.8) is 0 Å². The van der Waals surface area contributed by atoms with Crippen molar-refractivity contribution in [3.8, 4) is 0 Å². The fourth-order valence-electron chi connectivity index (χ4n) is 2.48. The van der Waals surface area contributed by atoms with Gasteiger partial charge in [0.2, 0.25) is 0 Å². The number of alkyl halides is 3. The number of benzene rings is 2. The number of hydrogen-bond donors (Lipinski definition) is 1. The summed E-state index contributed by atoms with van der Waals surface area (Å²) in [5.41, 5.74) is -3.86. The first-order valence-electron chi connectivity index (χ1n) is 8.33. The SMILES string of the molecule is CCN(/N=C(\C)c1cc(C)ccc1NS(=O)(=O)C(F)(F)F)c1cc(Cl)cc(Cl)c1. The van der Waals surface area contributed by atoms with E-state index in [1.807, 2.05) is 6.92 Å². The van der Waals surface area contributed by atoms with E-state index in [1.54, 1.807) is 47.8 Å². The van der Waals surface area contributed by atoms with E-state index >= 15 is 0 Å². The van der Waals surface area contributed by atoms with Gasteiger partial charge in [0.25, 0.3) is 0 Å². The first-order chi connectivity index (χ1) is 13.3. The zero-order valence-corrected chi connectivity index (χ0v) is 18.0. The van der Waals surface area contributed by atoms with Crippen LogP contribution < -0.4 is 9.73 Å². The second-order valence-corrected chi connectivity index (χ2v) is 8.68. The molecule has 2 aromatic rings. The standard InChI is InChI=1S/C18H18Cl2F3N3O2S/c1-4-26(15-9-13(19)8-14(20)10-15)24-12(3)16-7-11(2)5-6-17(16)25-29(27,28)18(21,22)23/h5-10,25H,4H2,1-3H3/b24-12+. The highest BCUT2D eigenvalue weighted by molar-refractivity contribution is 7.93. The normalized spacial score (nSPS) is 12.8. The molecule has 5 nitrogen and oxygen atoms in total. The number of aryl methyl sites for hydroxylation is 1. The first kappa shape index (κ1) is 23.3. The summed E-state index contributed by atoms with van der Waals surface area (Å²) in [6.45, 7) is 5.51. The molecule has 0 amide bonds. The Labute approximate surface area is 177 Å². The molecule has 0 aliphatic carbocycles. The van der Waals surface area contributed by atoms with E-state index in [9.17, 15) is 21.6 Å². The van der Waals surface area contributed by atoms with Crippen LogP contribution in [0.15, 0.2) is 41.5 Å². The Morgan fingerprint density at radius 1 is 1.14 bits per heavy atom. The maximum Gasteiger partial charge on any atom is 0.516 e. The molecule has 0 unspecified atom stereocenters. The molecule has 0 aliphatic heterocycles. The van der Waals surface area contributed by atoms with Crippen LogP contribution in [0.5, 0.6) is 0 Å². The summed E-state index contributed by atoms with van der Waals surface area (Å²) in [5.74, 6) is 0. The average Bonchev–Trinajstić information content (AvgIpc) is 2.58. The molecule has 0 saturated heterocycles. The second-order valence-electron chi connectivity index (χ2n) is 6.13. The Balaban J connectivity index is 2.50. The summed E-state index contributed by atoms with van der Waals surface area (Å²) in [6, 6.07) is 9.14. The number of sulfonamides is 1. The van der Waals surface area contributed by atoms with Gasteiger partial charge in [0.15, 0.2) is 0 Å². The molecule has 0 atom stereocenters. The molecule has 0 bridgehead atoms. The fourth-order valence-corrected chi connectivity index (χ4v) is 3.58. The summed E-state index contributed by atoms with van der Waals surface area (Å²) in [5, 5.41) is 6.77. The van der Waals surface area contributed by atoms with Gasteiger partial charge in [0.1, 0.15) is 0 Å². The zero-order valence-electron chi connectivity index (χ0n) is 15.7. The van der Waals surface area contributed by atoms with Crippen molar-refractivity contribution in [2.75, 3.05) is 16.3 Å². The van der Waals surface area contributed by atoms with Gasteiger partial charge in [0.05, 0.1) is 17.1 Å². The lowest BCUT2D eigenvalue weighted by atomic mass is 10.1. The van der Waals surface area contributed by atoms with E-state index in [2.05, 4.69) is 5.10 Å². The third-order valence-corrected chi connectivity index (χ3v) is 5.36. The number of hydrazone groups is 1. The Kier molecular flexibility index (Phi) is 7.08. The third kappa shape index (κ3) is 5.77. The van der Waals surface area contributed by atoms with E-state index in [4.69, 9.17) is 23.2 Å². The highest BCUT2D eigenvalue weighted by Crippen LogP contribution is 2.29. The molecular weight excluding hydrogens is 450 g/mol. The van der Waals surface area contributed by atoms with Crippen LogP contribution in [0.3, 0.4) is 0 Å². The highest BCUT2D eigenvalue weighted by Gasteiger charge is 2.46. The van der Waals surface area contributed by atoms with Gasteiger partial charge in [-0.05, 0) is 51.1 Å². The number of anilines is 2. The maximum absolute atomic E-state index is 12.8. The van der Waals surface area contributed by atoms with Gasteiger partial charge in [-0.1, -0.05) is 34.8 Å². The summed E-state index contributed by atoms with van der Waals surface area (Å²) >= 11 is 12.0. The van der Waals surface area contributed by atoms with Crippen LogP contribution in [0.25, 0.3) is 0 Å². The Bertz CT molecular complexity index is 1020. The number of nitrogens with one attached hydrogen (secondary N) is 1. The lowest BCUT2D eigenvalue weighted by Gasteiger charge is -2.20. The van der Waals surface area contributed by atoms with Crippen molar-refractivity contribution in [2.45, 2.75) is 26.3 Å². The van der Waals surface area contributed by atoms with Crippen LogP contribution in [-0.4, -0.2) is 26.2 Å². The summed E-state index contributed by atoms with van der Waals surface area (Å²) in [4.78, 5) is 0. The lowest BCUT2D eigenvalue weighted by Crippen LogP contribution is -2.30. The molecule has 29 heavy (non-hydrogen) atoms. The van der Waals surface area contributed by atoms with Gasteiger partial charge in [-0.3, -0.25) is 9.73 Å². The monoisotopic (exact) mass is 467 g/mol. The number of rotatable bonds is 6. The van der Waals surface area contributed by atoms with Crippen LogP contribution in [0.1, 0.15) is 25.0 Å². The predicted molar refractivity (Wildman–Crippen MR) is 111 cm³/mol. The molecule has 11 heteroatoms. The lowest BCUT2D eigenvalue weighted by molar-refractivity contribution is -0.0429. The quantitative estimate of drug-likeness (QED) is 0.430. The number of nitrogens with zero attached hydrogens (tertiary/aromatic N) is 2. The minimum Gasteiger partial charge on any atom is -0.275 e. The van der Waals surface area contributed by atoms with Crippen molar-refractivity contribution in [1.29, 1.82) is 0 Å². The van der Waals surface area contributed by atoms with E-state index in [-0.39, 0.29) is 11.3 Å². The molecule has 1 N–H and O–H groups in total. The van der Waals surface area contributed by atoms with Gasteiger partial charge in [-0.25, -0.2) is 0 Å². The van der Waals surface area contributed by atoms with Gasteiger partial charge in [-0.15, -0.1) is 0 Å². The van der Waals surface area contributed by atoms with Crippen LogP contribution in [0.4, 0.5) is 24.5 Å². The molecule has 0 radical (unpaired) electrons. The van der Waals surface area contributed by atoms with Gasteiger partial charge >= 0.3 is 15.5 Å². The number of halogens is 5. The molecule has 0 heterocycles. The molecule has 0 aromatic heterocycles. The zero-order chi connectivity index (χ0) is 22.0. The molecule has 0 aliphatic rings. The molecule has 0 saturated carbocycles. The Morgan fingerprint density at radius 2 is 1.72 bits per heavy atom. The van der Waals surface area contributed by atoms with Crippen LogP contribution in [0.2, 0.25) is 10.0 Å². The molecule has 158 valence electrons. The van der Waals surface area contributed by atoms with Gasteiger partial charge in [0, 0.05) is 22.2 Å². The van der Waals surface area contributed by atoms with Crippen molar-refractivity contribution >= 4 is 50.3 Å². The predicted octanol–water partition coefficient (Wildman–Crippen LogP) is 5.81. The first-order valence-corrected chi connectivity index (χ1v) is 10.6. The smallest absolute Gasteiger partial charge is 0.275 e. The van der Waals surface area contributed by atoms with Crippen molar-refractivity contribution in [1.82, 2.24) is 0 Å². The van der Waals surface area contributed by atoms with E-state index < -0.39 is 15.5 Å². The second kappa shape index (κ2) is 8.81. The van der Waals surface area contributed by atoms with E-state index in [1.165, 1.54) is 12.1 Å². The summed E-state index contributed by atoms with van der Waals surface area (Å²) in [7, 11) is -5.57. The molecule has 2 aromatic carbocycles. The minimum absolute atomic E-state index is 0.212. The highest BCUT2D eigenvalue weighted by atomic mass is 35.5. The Morgan fingerprint density at radius 3 is 2.24 bits per heavy atom. The maximum atomic E-state index is 12.8. The van der Waals surface area contributed by atoms with E-state index in [0.717, 1.165) is 5.56 Å². The van der Waals surface area contributed by atoms with Crippen molar-refractivity contribution in [2.24, 2.45) is 5.10 Å². The van der Waals surface area contributed by atoms with Crippen LogP contribution >= 0.6 is 23.2 Å². The summed E-state index contributed by atoms with van der Waals surface area (Å²) in [6.07, 6.45) is 0. The average molecular weight is 468 g/mol. The van der Waals surface area contributed by atoms with Gasteiger partial charge in [-0.2, -0.15) is 26.7 Å². The molecular formula is C18H18Cl2F3N3O2S. The van der Waals surface area contributed by atoms with E-state index in [0.29, 0.717) is 28.0 Å². The minimum atomic E-state index is -5.57. The molecule has 0 spiro atoms. The molecule has 0 fully saturated rings. The van der Waals surface area contributed by atoms with Crippen LogP contribution in [0, 0.1) is 6.92 Å². The van der Waals surface area contributed by atoms with Gasteiger partial charge < -0.3 is 0 Å². The van der Waals surface area contributed by atoms with Crippen molar-refractivity contribution in [3.05, 3.63) is 57.6 Å². The topological polar surface area (TPSA) is 61.8 Å². The number of hydrogen-bond acceptors (Lipinski definition) is 4. The third-order valence-electron chi connectivity index (χ3n) is 3.83. The van der Waals surface area contributed by atoms with Crippen molar-refractivity contribution < 1.29 is 21.6 Å². The summed E-state index contributed by atoms with van der Waals surface area (Å²) < 4.78 is 63.0. The fraction of sp³-hybridized carbons (Fsp3) is 0.278.